The lowest BCUT2D eigenvalue weighted by Gasteiger charge is -2.25. The summed E-state index contributed by atoms with van der Waals surface area (Å²) in [4.78, 5) is 2.21. The Bertz CT molecular complexity index is 95.1. The maximum Gasteiger partial charge on any atom is 0.0909 e. The van der Waals surface area contributed by atoms with Crippen molar-refractivity contribution in [2.24, 2.45) is 5.73 Å². The number of quaternary nitrogens is 1. The number of likely N-dealkylation sites (N-methyl/N-ethyl adjacent to an activating group) is 2. The predicted octanol–water partition coefficient (Wildman–Crippen LogP) is -2.66. The van der Waals surface area contributed by atoms with Gasteiger partial charge >= 0.3 is 0 Å². The lowest BCUT2D eigenvalue weighted by molar-refractivity contribution is -0.869. The summed E-state index contributed by atoms with van der Waals surface area (Å²) in [6.07, 6.45) is 0. The molecule has 0 atom stereocenters. The second-order valence-corrected chi connectivity index (χ2v) is 4.11. The van der Waals surface area contributed by atoms with Gasteiger partial charge < -0.3 is 19.8 Å². The monoisotopic (exact) mass is 234 g/mol. The third-order valence-corrected chi connectivity index (χ3v) is 1.22. The molecule has 0 spiro atoms. The van der Waals surface area contributed by atoms with Crippen LogP contribution in [0.15, 0.2) is 0 Å². The minimum absolute atomic E-state index is 0. The lowest BCUT2D eigenvalue weighted by atomic mass is 10.5. The van der Waals surface area contributed by atoms with E-state index in [0.717, 1.165) is 4.48 Å². The number of nitrogens with two attached hydrogens (primary N) is 1. The minimum Gasteiger partial charge on any atom is -1.00 e. The Hall–Kier alpha value is -0.330. The summed E-state index contributed by atoms with van der Waals surface area (Å²) in [5, 5.41) is 0. The molecule has 0 aromatic rings. The minimum atomic E-state index is 0. The van der Waals surface area contributed by atoms with Gasteiger partial charge in [0.1, 0.15) is 0 Å². The van der Waals surface area contributed by atoms with Gasteiger partial charge in [-0.15, -0.1) is 0 Å². The van der Waals surface area contributed by atoms with Crippen LogP contribution in [0.25, 0.3) is 0 Å². The number of nitrogens with zero attached hydrogens (tertiary/aromatic N) is 2. The van der Waals surface area contributed by atoms with Crippen molar-refractivity contribution in [3.63, 3.8) is 0 Å². The molecule has 2 N–H and O–H groups in total. The number of hydrogen-bond acceptors (Lipinski definition) is 2. The van der Waals surface area contributed by atoms with E-state index in [1.807, 2.05) is 0 Å². The van der Waals surface area contributed by atoms with Crippen LogP contribution < -0.4 is 10.4 Å². The van der Waals surface area contributed by atoms with E-state index in [2.05, 4.69) is 47.1 Å². The Morgan fingerprint density at radius 1 is 1.13 bits per heavy atom. The molecule has 0 fully saturated rings. The maximum atomic E-state index is 4.74. The average Bonchev–Trinajstić information content (AvgIpc) is 1.84. The van der Waals surface area contributed by atoms with Crippen LogP contribution >= 0.6 is 0 Å². The molecule has 0 aromatic carbocycles. The van der Waals surface area contributed by atoms with Crippen LogP contribution in [0, 0.1) is 6.92 Å². The van der Waals surface area contributed by atoms with Crippen LogP contribution in [0.1, 0.15) is 0 Å². The molecular weight excluding hydrogens is 207 g/mol. The Balaban J connectivity index is -0.0000000500. The van der Waals surface area contributed by atoms with Crippen molar-refractivity contribution >= 4 is 0 Å². The van der Waals surface area contributed by atoms with Crippen molar-refractivity contribution in [2.75, 3.05) is 54.9 Å². The van der Waals surface area contributed by atoms with Gasteiger partial charge in [-0.1, -0.05) is 0 Å². The smallest absolute Gasteiger partial charge is 0.0909 e. The van der Waals surface area contributed by atoms with E-state index in [-0.39, 0.29) is 14.1 Å². The van der Waals surface area contributed by atoms with Crippen molar-refractivity contribution in [1.82, 2.24) is 4.90 Å². The summed E-state index contributed by atoms with van der Waals surface area (Å²) in [6, 6.07) is 0. The van der Waals surface area contributed by atoms with E-state index >= 15 is 0 Å². The van der Waals surface area contributed by atoms with Crippen LogP contribution in [0.2, 0.25) is 0 Å². The zero-order valence-corrected chi connectivity index (χ0v) is 10.5. The van der Waals surface area contributed by atoms with Gasteiger partial charge in [0.15, 0.2) is 0 Å². The first-order chi connectivity index (χ1) is 5.33. The van der Waals surface area contributed by atoms with Crippen molar-refractivity contribution in [1.29, 1.82) is 0 Å². The summed E-state index contributed by atoms with van der Waals surface area (Å²) in [7, 11) is 10.8. The quantitative estimate of drug-likeness (QED) is 0.540. The molecule has 6 heteroatoms. The van der Waals surface area contributed by atoms with E-state index in [4.69, 9.17) is 5.73 Å². The van der Waals surface area contributed by atoms with E-state index in [1.54, 1.807) is 0 Å². The fraction of sp³-hybridized carbons (Fsp3) is 0.889. The van der Waals surface area contributed by atoms with E-state index in [9.17, 15) is 0 Å². The van der Waals surface area contributed by atoms with E-state index in [1.165, 1.54) is 13.1 Å². The molecule has 0 aliphatic rings. The van der Waals surface area contributed by atoms with Gasteiger partial charge in [0.2, 0.25) is 0 Å². The zero-order valence-electron chi connectivity index (χ0n) is 10.5. The highest BCUT2D eigenvalue weighted by Gasteiger charge is 2.05. The molecule has 0 aliphatic heterocycles. The van der Waals surface area contributed by atoms with Crippen LogP contribution in [0.3, 0.4) is 0 Å². The molecule has 0 unspecified atom stereocenters. The third-order valence-electron chi connectivity index (χ3n) is 1.22. The highest BCUT2D eigenvalue weighted by molar-refractivity contribution is 4.38. The highest BCUT2D eigenvalue weighted by Crippen LogP contribution is 1.88. The molecule has 0 heterocycles. The standard InChI is InChI=1S/C7H19N2.C2H6N.3FH/c1-8(2)6-7-9(3,4)5;1-2-3;;;/h6-7H2,1-5H3;1-3H2;3*1H/q+1;;;;/p-1. The first kappa shape index (κ1) is 29.3. The number of hydrogen-bond donors (Lipinski definition) is 1. The molecule has 0 saturated heterocycles. The fourth-order valence-corrected chi connectivity index (χ4v) is 0.500. The van der Waals surface area contributed by atoms with Crippen LogP contribution in [-0.2, 0) is 0 Å². The second kappa shape index (κ2) is 16.1. The van der Waals surface area contributed by atoms with Gasteiger partial charge in [0.05, 0.1) is 27.7 Å². The molecular formula is C9H27F3N3. The van der Waals surface area contributed by atoms with E-state index < -0.39 is 0 Å². The Morgan fingerprint density at radius 2 is 1.40 bits per heavy atom. The molecule has 1 radical (unpaired) electrons. The number of halogens is 3. The van der Waals surface area contributed by atoms with Gasteiger partial charge in [-0.2, -0.15) is 0 Å². The van der Waals surface area contributed by atoms with Gasteiger partial charge in [0.25, 0.3) is 0 Å². The molecule has 99 valence electrons. The molecule has 0 amide bonds. The third kappa shape index (κ3) is 57.9. The summed E-state index contributed by atoms with van der Waals surface area (Å²) in [5.41, 5.74) is 4.74. The van der Waals surface area contributed by atoms with Crippen LogP contribution in [0.4, 0.5) is 9.41 Å². The molecule has 0 saturated carbocycles. The predicted molar refractivity (Wildman–Crippen MR) is 60.9 cm³/mol. The topological polar surface area (TPSA) is 29.3 Å². The second-order valence-electron chi connectivity index (χ2n) is 4.11. The van der Waals surface area contributed by atoms with Crippen molar-refractivity contribution in [2.45, 2.75) is 0 Å². The maximum absolute atomic E-state index is 4.74. The van der Waals surface area contributed by atoms with Crippen molar-refractivity contribution in [3.05, 3.63) is 6.92 Å². The van der Waals surface area contributed by atoms with Crippen molar-refractivity contribution < 1.29 is 18.6 Å². The molecule has 15 heavy (non-hydrogen) atoms. The summed E-state index contributed by atoms with van der Waals surface area (Å²) >= 11 is 0. The van der Waals surface area contributed by atoms with Crippen LogP contribution in [0.5, 0.6) is 0 Å². The largest absolute Gasteiger partial charge is 1.00 e. The first-order valence-corrected chi connectivity index (χ1v) is 4.28. The Morgan fingerprint density at radius 3 is 1.47 bits per heavy atom. The van der Waals surface area contributed by atoms with Crippen LogP contribution in [-0.4, -0.2) is 64.3 Å². The molecule has 0 aliphatic carbocycles. The Labute approximate surface area is 91.9 Å². The molecule has 3 nitrogen and oxygen atoms in total. The fourth-order valence-electron chi connectivity index (χ4n) is 0.500. The van der Waals surface area contributed by atoms with Gasteiger partial charge in [-0.25, -0.2) is 0 Å². The summed E-state index contributed by atoms with van der Waals surface area (Å²) in [5.74, 6) is 0. The summed E-state index contributed by atoms with van der Waals surface area (Å²) < 4.78 is 1.05. The van der Waals surface area contributed by atoms with Crippen molar-refractivity contribution in [3.8, 4) is 0 Å². The summed E-state index contributed by atoms with van der Waals surface area (Å²) in [6.45, 7) is 6.15. The normalized spacial score (nSPS) is 8.80. The number of rotatable bonds is 3. The highest BCUT2D eigenvalue weighted by atomic mass is 19.0. The van der Waals surface area contributed by atoms with E-state index in [0.29, 0.717) is 6.54 Å². The molecule has 0 rings (SSSR count). The zero-order chi connectivity index (χ0) is 10.2. The first-order valence-electron chi connectivity index (χ1n) is 4.28. The van der Waals surface area contributed by atoms with Gasteiger partial charge in [0, 0.05) is 6.54 Å². The molecule has 0 aromatic heterocycles. The molecule has 0 bridgehead atoms. The lowest BCUT2D eigenvalue weighted by Crippen LogP contribution is -3.00. The SMILES string of the molecule is CN(C)CC[N+](C)(C)C.F.F.[CH2]CN.[F-]. The Kier molecular flexibility index (Phi) is 31.5. The average molecular weight is 234 g/mol. The van der Waals surface area contributed by atoms with Gasteiger partial charge in [-0.05, 0) is 27.6 Å². The van der Waals surface area contributed by atoms with Gasteiger partial charge in [-0.3, -0.25) is 9.41 Å².